The monoisotopic (exact) mass is 214 g/mol. The predicted molar refractivity (Wildman–Crippen MR) is 59.4 cm³/mol. The van der Waals surface area contributed by atoms with Gasteiger partial charge in [0, 0.05) is 22.0 Å². The van der Waals surface area contributed by atoms with E-state index in [1.54, 1.807) is 23.5 Å². The normalized spacial score (nSPS) is 11.7. The molecule has 0 aliphatic carbocycles. The van der Waals surface area contributed by atoms with E-state index in [2.05, 4.69) is 30.7 Å². The zero-order chi connectivity index (χ0) is 9.90. The Balaban J connectivity index is 2.70. The molecule has 1 rings (SSSR count). The van der Waals surface area contributed by atoms with E-state index in [1.165, 1.54) is 0 Å². The summed E-state index contributed by atoms with van der Waals surface area (Å²) in [4.78, 5) is 9.64. The molecular formula is C9H14N2S2. The zero-order valence-corrected chi connectivity index (χ0v) is 10.00. The van der Waals surface area contributed by atoms with E-state index in [1.807, 2.05) is 18.6 Å². The van der Waals surface area contributed by atoms with Gasteiger partial charge in [-0.05, 0) is 6.26 Å². The molecule has 0 radical (unpaired) electrons. The van der Waals surface area contributed by atoms with Gasteiger partial charge in [-0.25, -0.2) is 9.97 Å². The first-order valence-electron chi connectivity index (χ1n) is 4.06. The van der Waals surface area contributed by atoms with Crippen LogP contribution in [0.2, 0.25) is 0 Å². The van der Waals surface area contributed by atoms with E-state index in [0.29, 0.717) is 0 Å². The number of nitrogens with zero attached hydrogens (tertiary/aromatic N) is 2. The maximum Gasteiger partial charge on any atom is 0.188 e. The first-order valence-corrected chi connectivity index (χ1v) is 6.10. The van der Waals surface area contributed by atoms with Crippen molar-refractivity contribution in [1.82, 2.24) is 9.97 Å². The van der Waals surface area contributed by atoms with Crippen molar-refractivity contribution >= 4 is 23.5 Å². The first-order chi connectivity index (χ1) is 6.01. The second kappa shape index (κ2) is 4.33. The molecule has 2 nitrogen and oxygen atoms in total. The average molecular weight is 214 g/mol. The smallest absolute Gasteiger partial charge is 0.188 e. The van der Waals surface area contributed by atoms with Crippen molar-refractivity contribution in [1.29, 1.82) is 0 Å². The Labute approximate surface area is 87.9 Å². The molecule has 0 N–H and O–H groups in total. The number of hydrogen-bond acceptors (Lipinski definition) is 4. The second-order valence-corrected chi connectivity index (χ2v) is 6.29. The van der Waals surface area contributed by atoms with Gasteiger partial charge in [-0.15, -0.1) is 11.8 Å². The SMILES string of the molecule is CSc1cnc(SC(C)(C)C)nc1. The molecule has 0 aliphatic heterocycles. The summed E-state index contributed by atoms with van der Waals surface area (Å²) >= 11 is 3.35. The maximum absolute atomic E-state index is 4.27. The molecule has 0 saturated carbocycles. The number of thioether (sulfide) groups is 2. The van der Waals surface area contributed by atoms with Crippen molar-refractivity contribution in [3.63, 3.8) is 0 Å². The largest absolute Gasteiger partial charge is 0.230 e. The number of rotatable bonds is 2. The van der Waals surface area contributed by atoms with Gasteiger partial charge in [0.15, 0.2) is 5.16 Å². The molecule has 0 amide bonds. The molecule has 4 heteroatoms. The third-order valence-electron chi connectivity index (χ3n) is 1.24. The van der Waals surface area contributed by atoms with Crippen LogP contribution in [0.3, 0.4) is 0 Å². The molecule has 0 spiro atoms. The van der Waals surface area contributed by atoms with Gasteiger partial charge in [0.05, 0.1) is 0 Å². The van der Waals surface area contributed by atoms with E-state index in [-0.39, 0.29) is 4.75 Å². The van der Waals surface area contributed by atoms with Crippen LogP contribution in [0.5, 0.6) is 0 Å². The predicted octanol–water partition coefficient (Wildman–Crippen LogP) is 3.09. The lowest BCUT2D eigenvalue weighted by Crippen LogP contribution is -2.07. The van der Waals surface area contributed by atoms with E-state index in [4.69, 9.17) is 0 Å². The minimum atomic E-state index is 0.181. The van der Waals surface area contributed by atoms with E-state index in [9.17, 15) is 0 Å². The summed E-state index contributed by atoms with van der Waals surface area (Å²) in [6.07, 6.45) is 5.76. The molecule has 72 valence electrons. The van der Waals surface area contributed by atoms with Crippen LogP contribution in [0.15, 0.2) is 22.4 Å². The van der Waals surface area contributed by atoms with Gasteiger partial charge in [0.1, 0.15) is 0 Å². The molecule has 0 atom stereocenters. The third kappa shape index (κ3) is 4.00. The fourth-order valence-corrected chi connectivity index (χ4v) is 1.81. The Morgan fingerprint density at radius 3 is 2.08 bits per heavy atom. The summed E-state index contributed by atoms with van der Waals surface area (Å²) in [7, 11) is 0. The van der Waals surface area contributed by atoms with Crippen molar-refractivity contribution in [3.8, 4) is 0 Å². The molecule has 1 aromatic rings. The highest BCUT2D eigenvalue weighted by Crippen LogP contribution is 2.29. The molecule has 0 unspecified atom stereocenters. The lowest BCUT2D eigenvalue weighted by atomic mass is 10.3. The van der Waals surface area contributed by atoms with Gasteiger partial charge in [-0.3, -0.25) is 0 Å². The lowest BCUT2D eigenvalue weighted by Gasteiger charge is -2.15. The maximum atomic E-state index is 4.27. The van der Waals surface area contributed by atoms with Crippen molar-refractivity contribution in [2.75, 3.05) is 6.26 Å². The van der Waals surface area contributed by atoms with Crippen LogP contribution in [0.1, 0.15) is 20.8 Å². The zero-order valence-electron chi connectivity index (χ0n) is 8.37. The minimum Gasteiger partial charge on any atom is -0.230 e. The summed E-state index contributed by atoms with van der Waals surface area (Å²) in [5, 5.41) is 0.852. The summed E-state index contributed by atoms with van der Waals surface area (Å²) < 4.78 is 0.181. The molecule has 0 saturated heterocycles. The van der Waals surface area contributed by atoms with Crippen molar-refractivity contribution < 1.29 is 0 Å². The third-order valence-corrected chi connectivity index (χ3v) is 2.93. The number of aromatic nitrogens is 2. The van der Waals surface area contributed by atoms with Crippen molar-refractivity contribution in [2.45, 2.75) is 35.6 Å². The fraction of sp³-hybridized carbons (Fsp3) is 0.556. The molecule has 13 heavy (non-hydrogen) atoms. The topological polar surface area (TPSA) is 25.8 Å². The number of hydrogen-bond donors (Lipinski definition) is 0. The molecule has 0 aromatic carbocycles. The molecule has 1 aromatic heterocycles. The first kappa shape index (κ1) is 10.9. The van der Waals surface area contributed by atoms with Crippen LogP contribution in [-0.2, 0) is 0 Å². The Morgan fingerprint density at radius 1 is 1.15 bits per heavy atom. The van der Waals surface area contributed by atoms with Gasteiger partial charge in [0.25, 0.3) is 0 Å². The lowest BCUT2D eigenvalue weighted by molar-refractivity contribution is 0.789. The van der Waals surface area contributed by atoms with Gasteiger partial charge in [0.2, 0.25) is 0 Å². The molecular weight excluding hydrogens is 200 g/mol. The van der Waals surface area contributed by atoms with Crippen LogP contribution in [0.4, 0.5) is 0 Å². The van der Waals surface area contributed by atoms with Crippen LogP contribution >= 0.6 is 23.5 Å². The average Bonchev–Trinajstić information content (AvgIpc) is 2.03. The Hall–Kier alpha value is -0.220. The van der Waals surface area contributed by atoms with Crippen LogP contribution < -0.4 is 0 Å². The second-order valence-electron chi connectivity index (χ2n) is 3.62. The van der Waals surface area contributed by atoms with Gasteiger partial charge >= 0.3 is 0 Å². The highest BCUT2D eigenvalue weighted by molar-refractivity contribution is 8.00. The summed E-state index contributed by atoms with van der Waals surface area (Å²) in [6, 6.07) is 0. The highest BCUT2D eigenvalue weighted by atomic mass is 32.2. The Kier molecular flexibility index (Phi) is 3.62. The molecule has 0 fully saturated rings. The minimum absolute atomic E-state index is 0.181. The van der Waals surface area contributed by atoms with Crippen LogP contribution in [-0.4, -0.2) is 21.0 Å². The highest BCUT2D eigenvalue weighted by Gasteiger charge is 2.13. The molecule has 0 aliphatic rings. The van der Waals surface area contributed by atoms with Crippen molar-refractivity contribution in [2.24, 2.45) is 0 Å². The van der Waals surface area contributed by atoms with E-state index in [0.717, 1.165) is 10.1 Å². The quantitative estimate of drug-likeness (QED) is 0.558. The summed E-state index contributed by atoms with van der Waals surface area (Å²) in [5.74, 6) is 0. The molecule has 0 bridgehead atoms. The fourth-order valence-electron chi connectivity index (χ4n) is 0.736. The summed E-state index contributed by atoms with van der Waals surface area (Å²) in [6.45, 7) is 6.47. The van der Waals surface area contributed by atoms with Crippen molar-refractivity contribution in [3.05, 3.63) is 12.4 Å². The summed E-state index contributed by atoms with van der Waals surface area (Å²) in [5.41, 5.74) is 0. The van der Waals surface area contributed by atoms with E-state index >= 15 is 0 Å². The molecule has 1 heterocycles. The van der Waals surface area contributed by atoms with Gasteiger partial charge < -0.3 is 0 Å². The van der Waals surface area contributed by atoms with Crippen LogP contribution in [0, 0.1) is 0 Å². The van der Waals surface area contributed by atoms with Gasteiger partial charge in [-0.1, -0.05) is 32.5 Å². The Morgan fingerprint density at radius 2 is 1.69 bits per heavy atom. The Bertz CT molecular complexity index is 264. The van der Waals surface area contributed by atoms with E-state index < -0.39 is 0 Å². The van der Waals surface area contributed by atoms with Crippen LogP contribution in [0.25, 0.3) is 0 Å². The standard InChI is InChI=1S/C9H14N2S2/c1-9(2,3)13-8-10-5-7(12-4)6-11-8/h5-6H,1-4H3. The van der Waals surface area contributed by atoms with Gasteiger partial charge in [-0.2, -0.15) is 0 Å².